The number of hydrogen-bond acceptors (Lipinski definition) is 3. The summed E-state index contributed by atoms with van der Waals surface area (Å²) in [5.74, 6) is 0.645. The van der Waals surface area contributed by atoms with Crippen molar-refractivity contribution in [2.45, 2.75) is 20.8 Å². The van der Waals surface area contributed by atoms with Crippen molar-refractivity contribution >= 4 is 10.9 Å². The van der Waals surface area contributed by atoms with Gasteiger partial charge in [-0.25, -0.2) is 4.98 Å². The van der Waals surface area contributed by atoms with E-state index in [1.807, 2.05) is 26.0 Å². The summed E-state index contributed by atoms with van der Waals surface area (Å²) in [6.07, 6.45) is 0. The summed E-state index contributed by atoms with van der Waals surface area (Å²) in [6.45, 7) is 6.14. The lowest BCUT2D eigenvalue weighted by molar-refractivity contribution is 0.399. The molecule has 2 aromatic heterocycles. The van der Waals surface area contributed by atoms with E-state index in [1.165, 1.54) is 11.1 Å². The average Bonchev–Trinajstić information content (AvgIpc) is 2.47. The maximum atomic E-state index is 5.20. The number of methoxy groups -OCH3 is 1. The summed E-state index contributed by atoms with van der Waals surface area (Å²) in [7, 11) is 1.64. The van der Waals surface area contributed by atoms with Crippen LogP contribution in [0, 0.1) is 20.8 Å². The van der Waals surface area contributed by atoms with E-state index in [2.05, 4.69) is 41.2 Å². The van der Waals surface area contributed by atoms with Crippen molar-refractivity contribution in [1.29, 1.82) is 0 Å². The Hall–Kier alpha value is -2.42. The zero-order chi connectivity index (χ0) is 15.0. The second-order valence-corrected chi connectivity index (χ2v) is 5.30. The van der Waals surface area contributed by atoms with Crippen LogP contribution in [0.5, 0.6) is 5.88 Å². The first-order valence-corrected chi connectivity index (χ1v) is 6.98. The van der Waals surface area contributed by atoms with Crippen LogP contribution in [0.1, 0.15) is 17.0 Å². The molecule has 0 aliphatic carbocycles. The molecule has 3 heteroatoms. The maximum absolute atomic E-state index is 5.20. The molecule has 2 heterocycles. The standard InChI is InChI=1S/C18H18N2O/c1-11-9-15(16-7-5-12(2)19-13(16)3)10-14-6-8-17(21-4)20-18(11)14/h5-10H,1-4H3. The van der Waals surface area contributed by atoms with Crippen molar-refractivity contribution in [1.82, 2.24) is 9.97 Å². The van der Waals surface area contributed by atoms with Crippen LogP contribution >= 0.6 is 0 Å². The van der Waals surface area contributed by atoms with E-state index in [4.69, 9.17) is 4.74 Å². The van der Waals surface area contributed by atoms with Crippen LogP contribution in [-0.4, -0.2) is 17.1 Å². The first-order valence-electron chi connectivity index (χ1n) is 6.98. The molecule has 21 heavy (non-hydrogen) atoms. The van der Waals surface area contributed by atoms with Crippen LogP contribution in [0.4, 0.5) is 0 Å². The van der Waals surface area contributed by atoms with E-state index in [9.17, 15) is 0 Å². The summed E-state index contributed by atoms with van der Waals surface area (Å²) in [5.41, 5.74) is 6.56. The molecule has 0 aliphatic rings. The van der Waals surface area contributed by atoms with E-state index in [1.54, 1.807) is 7.11 Å². The maximum Gasteiger partial charge on any atom is 0.213 e. The summed E-state index contributed by atoms with van der Waals surface area (Å²) in [5, 5.41) is 1.12. The SMILES string of the molecule is COc1ccc2cc(-c3ccc(C)nc3C)cc(C)c2n1. The molecule has 3 aromatic rings. The highest BCUT2D eigenvalue weighted by Crippen LogP contribution is 2.29. The van der Waals surface area contributed by atoms with Gasteiger partial charge in [0.1, 0.15) is 0 Å². The third kappa shape index (κ3) is 2.47. The molecule has 3 rings (SSSR count). The fourth-order valence-electron chi connectivity index (χ4n) is 2.66. The zero-order valence-corrected chi connectivity index (χ0v) is 12.8. The third-order valence-electron chi connectivity index (χ3n) is 3.70. The molecule has 3 nitrogen and oxygen atoms in total. The Morgan fingerprint density at radius 3 is 2.43 bits per heavy atom. The highest BCUT2D eigenvalue weighted by Gasteiger charge is 2.08. The Labute approximate surface area is 124 Å². The van der Waals surface area contributed by atoms with Gasteiger partial charge in [0, 0.05) is 28.4 Å². The van der Waals surface area contributed by atoms with Crippen molar-refractivity contribution in [3.8, 4) is 17.0 Å². The van der Waals surface area contributed by atoms with Gasteiger partial charge in [-0.15, -0.1) is 0 Å². The third-order valence-corrected chi connectivity index (χ3v) is 3.70. The van der Waals surface area contributed by atoms with Crippen molar-refractivity contribution < 1.29 is 4.74 Å². The van der Waals surface area contributed by atoms with Crippen LogP contribution in [-0.2, 0) is 0 Å². The molecule has 0 aliphatic heterocycles. The van der Waals surface area contributed by atoms with E-state index in [0.29, 0.717) is 5.88 Å². The Bertz CT molecular complexity index is 825. The van der Waals surface area contributed by atoms with Gasteiger partial charge in [0.2, 0.25) is 5.88 Å². The minimum Gasteiger partial charge on any atom is -0.481 e. The molecule has 0 saturated heterocycles. The van der Waals surface area contributed by atoms with Crippen molar-refractivity contribution in [3.05, 3.63) is 53.3 Å². The van der Waals surface area contributed by atoms with Gasteiger partial charge in [0.05, 0.1) is 12.6 Å². The lowest BCUT2D eigenvalue weighted by atomic mass is 9.99. The Kier molecular flexibility index (Phi) is 3.34. The van der Waals surface area contributed by atoms with Crippen molar-refractivity contribution in [2.24, 2.45) is 0 Å². The second kappa shape index (κ2) is 5.17. The fourth-order valence-corrected chi connectivity index (χ4v) is 2.66. The first kappa shape index (κ1) is 13.6. The number of rotatable bonds is 2. The van der Waals surface area contributed by atoms with Gasteiger partial charge in [-0.1, -0.05) is 6.07 Å². The summed E-state index contributed by atoms with van der Waals surface area (Å²) < 4.78 is 5.20. The molecule has 1 aromatic carbocycles. The Balaban J connectivity index is 2.20. The molecule has 0 N–H and O–H groups in total. The molecular weight excluding hydrogens is 260 g/mol. The normalized spacial score (nSPS) is 10.9. The van der Waals surface area contributed by atoms with Crippen LogP contribution in [0.2, 0.25) is 0 Å². The molecule has 0 radical (unpaired) electrons. The largest absolute Gasteiger partial charge is 0.481 e. The van der Waals surface area contributed by atoms with Gasteiger partial charge in [-0.2, -0.15) is 0 Å². The van der Waals surface area contributed by atoms with Gasteiger partial charge >= 0.3 is 0 Å². The smallest absolute Gasteiger partial charge is 0.213 e. The Morgan fingerprint density at radius 2 is 1.71 bits per heavy atom. The molecule has 0 amide bonds. The summed E-state index contributed by atoms with van der Waals surface area (Å²) in [6, 6.07) is 12.5. The topological polar surface area (TPSA) is 35.0 Å². The number of fused-ring (bicyclic) bond motifs is 1. The van der Waals surface area contributed by atoms with Crippen molar-refractivity contribution in [3.63, 3.8) is 0 Å². The first-order chi connectivity index (χ1) is 10.1. The minimum atomic E-state index is 0.645. The quantitative estimate of drug-likeness (QED) is 0.703. The molecular formula is C18H18N2O. The van der Waals surface area contributed by atoms with Gasteiger partial charge in [0.15, 0.2) is 0 Å². The monoisotopic (exact) mass is 278 g/mol. The minimum absolute atomic E-state index is 0.645. The summed E-state index contributed by atoms with van der Waals surface area (Å²) >= 11 is 0. The molecule has 0 bridgehead atoms. The van der Waals surface area contributed by atoms with Gasteiger partial charge in [-0.3, -0.25) is 4.98 Å². The zero-order valence-electron chi connectivity index (χ0n) is 12.8. The van der Waals surface area contributed by atoms with Crippen LogP contribution < -0.4 is 4.74 Å². The second-order valence-electron chi connectivity index (χ2n) is 5.30. The molecule has 0 unspecified atom stereocenters. The van der Waals surface area contributed by atoms with Gasteiger partial charge in [-0.05, 0) is 56.2 Å². The highest BCUT2D eigenvalue weighted by molar-refractivity contribution is 5.88. The number of ether oxygens (including phenoxy) is 1. The molecule has 0 spiro atoms. The number of hydrogen-bond donors (Lipinski definition) is 0. The van der Waals surface area contributed by atoms with Crippen LogP contribution in [0.15, 0.2) is 36.4 Å². The van der Waals surface area contributed by atoms with Gasteiger partial charge in [0.25, 0.3) is 0 Å². The fraction of sp³-hybridized carbons (Fsp3) is 0.222. The van der Waals surface area contributed by atoms with E-state index in [-0.39, 0.29) is 0 Å². The predicted octanol–water partition coefficient (Wildman–Crippen LogP) is 4.23. The molecule has 0 saturated carbocycles. The van der Waals surface area contributed by atoms with E-state index >= 15 is 0 Å². The number of pyridine rings is 2. The predicted molar refractivity (Wildman–Crippen MR) is 85.7 cm³/mol. The summed E-state index contributed by atoms with van der Waals surface area (Å²) in [4.78, 5) is 9.08. The molecule has 0 fully saturated rings. The highest BCUT2D eigenvalue weighted by atomic mass is 16.5. The van der Waals surface area contributed by atoms with E-state index < -0.39 is 0 Å². The molecule has 106 valence electrons. The molecule has 0 atom stereocenters. The van der Waals surface area contributed by atoms with Crippen LogP contribution in [0.3, 0.4) is 0 Å². The number of aromatic nitrogens is 2. The van der Waals surface area contributed by atoms with Crippen LogP contribution in [0.25, 0.3) is 22.0 Å². The van der Waals surface area contributed by atoms with Crippen molar-refractivity contribution in [2.75, 3.05) is 7.11 Å². The number of nitrogens with zero attached hydrogens (tertiary/aromatic N) is 2. The number of aryl methyl sites for hydroxylation is 3. The van der Waals surface area contributed by atoms with E-state index in [0.717, 1.165) is 27.9 Å². The lowest BCUT2D eigenvalue weighted by Crippen LogP contribution is -1.93. The lowest BCUT2D eigenvalue weighted by Gasteiger charge is -2.10. The Morgan fingerprint density at radius 1 is 0.905 bits per heavy atom. The average molecular weight is 278 g/mol. The van der Waals surface area contributed by atoms with Gasteiger partial charge < -0.3 is 4.74 Å². The number of benzene rings is 1.